The van der Waals surface area contributed by atoms with E-state index < -0.39 is 17.8 Å². The van der Waals surface area contributed by atoms with Gasteiger partial charge in [0, 0.05) is 30.4 Å². The largest absolute Gasteiger partial charge is 0.416 e. The first-order valence-electron chi connectivity index (χ1n) is 9.18. The van der Waals surface area contributed by atoms with Crippen LogP contribution in [-0.4, -0.2) is 22.4 Å². The zero-order valence-corrected chi connectivity index (χ0v) is 15.8. The highest BCUT2D eigenvalue weighted by Gasteiger charge is 2.29. The van der Waals surface area contributed by atoms with Crippen LogP contribution in [0.5, 0.6) is 0 Å². The van der Waals surface area contributed by atoms with Crippen molar-refractivity contribution in [3.05, 3.63) is 82.6 Å². The molecule has 156 valence electrons. The van der Waals surface area contributed by atoms with Crippen molar-refractivity contribution >= 4 is 11.7 Å². The van der Waals surface area contributed by atoms with E-state index in [1.54, 1.807) is 6.07 Å². The maximum absolute atomic E-state index is 12.5. The van der Waals surface area contributed by atoms with Crippen molar-refractivity contribution in [3.8, 4) is 11.3 Å². The van der Waals surface area contributed by atoms with Gasteiger partial charge < -0.3 is 10.6 Å². The Morgan fingerprint density at radius 2 is 1.67 bits per heavy atom. The molecule has 0 saturated heterocycles. The van der Waals surface area contributed by atoms with Gasteiger partial charge in [0.05, 0.1) is 11.3 Å². The van der Waals surface area contributed by atoms with Crippen molar-refractivity contribution in [2.45, 2.75) is 19.1 Å². The molecule has 6 nitrogen and oxygen atoms in total. The monoisotopic (exact) mass is 416 g/mol. The van der Waals surface area contributed by atoms with Crippen LogP contribution in [0.1, 0.15) is 12.0 Å². The fraction of sp³-hybridized carbons (Fsp3) is 0.190. The number of carbonyl (C=O) groups is 1. The second kappa shape index (κ2) is 9.25. The quantitative estimate of drug-likeness (QED) is 0.593. The van der Waals surface area contributed by atoms with Gasteiger partial charge in [-0.25, -0.2) is 9.48 Å². The number of aryl methyl sites for hydroxylation is 1. The summed E-state index contributed by atoms with van der Waals surface area (Å²) in [5, 5.41) is 9.40. The van der Waals surface area contributed by atoms with E-state index in [2.05, 4.69) is 15.7 Å². The smallest absolute Gasteiger partial charge is 0.338 e. The molecule has 3 aromatic rings. The maximum Gasteiger partial charge on any atom is 0.416 e. The number of anilines is 1. The Kier molecular flexibility index (Phi) is 6.51. The molecular weight excluding hydrogens is 397 g/mol. The van der Waals surface area contributed by atoms with E-state index >= 15 is 0 Å². The molecule has 9 heteroatoms. The number of alkyl halides is 3. The van der Waals surface area contributed by atoms with Crippen LogP contribution in [0.4, 0.5) is 23.7 Å². The van der Waals surface area contributed by atoms with Crippen molar-refractivity contribution in [1.82, 2.24) is 15.1 Å². The molecule has 2 amide bonds. The van der Waals surface area contributed by atoms with E-state index in [4.69, 9.17) is 0 Å². The average Bonchev–Trinajstić information content (AvgIpc) is 2.73. The minimum Gasteiger partial charge on any atom is -0.338 e. The van der Waals surface area contributed by atoms with E-state index in [-0.39, 0.29) is 17.8 Å². The molecule has 30 heavy (non-hydrogen) atoms. The molecule has 0 saturated carbocycles. The SMILES string of the molecule is O=C(NCCCn1nc(-c2ccccc2)ccc1=O)Nc1ccc(C(F)(F)F)cc1. The molecule has 0 spiro atoms. The Labute approximate surface area is 170 Å². The number of hydrogen-bond acceptors (Lipinski definition) is 3. The van der Waals surface area contributed by atoms with Crippen LogP contribution < -0.4 is 16.2 Å². The third kappa shape index (κ3) is 5.69. The first-order valence-corrected chi connectivity index (χ1v) is 9.18. The van der Waals surface area contributed by atoms with Gasteiger partial charge in [-0.15, -0.1) is 0 Å². The first kappa shape index (κ1) is 21.1. The zero-order chi connectivity index (χ0) is 21.6. The van der Waals surface area contributed by atoms with Gasteiger partial charge >= 0.3 is 12.2 Å². The molecule has 0 aliphatic heterocycles. The number of urea groups is 1. The standard InChI is InChI=1S/C21H19F3N4O2/c22-21(23,24)16-7-9-17(10-8-16)26-20(30)25-13-4-14-28-19(29)12-11-18(27-28)15-5-2-1-3-6-15/h1-3,5-12H,4,13-14H2,(H2,25,26,30). The molecule has 0 fully saturated rings. The van der Waals surface area contributed by atoms with E-state index in [0.717, 1.165) is 17.7 Å². The van der Waals surface area contributed by atoms with Gasteiger partial charge in [0.15, 0.2) is 0 Å². The van der Waals surface area contributed by atoms with Crippen LogP contribution >= 0.6 is 0 Å². The normalized spacial score (nSPS) is 11.2. The van der Waals surface area contributed by atoms with E-state index in [1.165, 1.54) is 22.9 Å². The summed E-state index contributed by atoms with van der Waals surface area (Å²) in [7, 11) is 0. The summed E-state index contributed by atoms with van der Waals surface area (Å²) in [5.74, 6) is 0. The summed E-state index contributed by atoms with van der Waals surface area (Å²) in [6, 6.07) is 16.1. The number of carbonyl (C=O) groups excluding carboxylic acids is 1. The molecule has 0 aliphatic carbocycles. The molecular formula is C21H19F3N4O2. The number of aromatic nitrogens is 2. The summed E-state index contributed by atoms with van der Waals surface area (Å²) >= 11 is 0. The summed E-state index contributed by atoms with van der Waals surface area (Å²) in [6.45, 7) is 0.566. The molecule has 1 aromatic heterocycles. The van der Waals surface area contributed by atoms with Crippen LogP contribution in [0.2, 0.25) is 0 Å². The second-order valence-corrected chi connectivity index (χ2v) is 6.46. The predicted molar refractivity (Wildman–Crippen MR) is 107 cm³/mol. The van der Waals surface area contributed by atoms with Crippen molar-refractivity contribution in [2.75, 3.05) is 11.9 Å². The van der Waals surface area contributed by atoms with Gasteiger partial charge in [0.2, 0.25) is 0 Å². The molecule has 0 radical (unpaired) electrons. The molecule has 2 aromatic carbocycles. The molecule has 0 unspecified atom stereocenters. The van der Waals surface area contributed by atoms with E-state index in [9.17, 15) is 22.8 Å². The molecule has 1 heterocycles. The highest BCUT2D eigenvalue weighted by molar-refractivity contribution is 5.89. The lowest BCUT2D eigenvalue weighted by atomic mass is 10.1. The summed E-state index contributed by atoms with van der Waals surface area (Å²) in [5.41, 5.74) is 0.769. The van der Waals surface area contributed by atoms with Crippen molar-refractivity contribution in [3.63, 3.8) is 0 Å². The van der Waals surface area contributed by atoms with Crippen molar-refractivity contribution in [2.24, 2.45) is 0 Å². The first-order chi connectivity index (χ1) is 14.3. The second-order valence-electron chi connectivity index (χ2n) is 6.46. The number of amides is 2. The molecule has 2 N–H and O–H groups in total. The number of nitrogens with zero attached hydrogens (tertiary/aromatic N) is 2. The Morgan fingerprint density at radius 1 is 0.967 bits per heavy atom. The van der Waals surface area contributed by atoms with Crippen LogP contribution in [0.25, 0.3) is 11.3 Å². The van der Waals surface area contributed by atoms with Crippen LogP contribution in [0.15, 0.2) is 71.5 Å². The number of rotatable bonds is 6. The van der Waals surface area contributed by atoms with E-state index in [0.29, 0.717) is 18.7 Å². The van der Waals surface area contributed by atoms with Crippen LogP contribution in [-0.2, 0) is 12.7 Å². The topological polar surface area (TPSA) is 76.0 Å². The van der Waals surface area contributed by atoms with Gasteiger partial charge in [-0.1, -0.05) is 30.3 Å². The number of halogens is 3. The van der Waals surface area contributed by atoms with Gasteiger partial charge in [-0.2, -0.15) is 18.3 Å². The summed E-state index contributed by atoms with van der Waals surface area (Å²) < 4.78 is 39.0. The van der Waals surface area contributed by atoms with Crippen molar-refractivity contribution < 1.29 is 18.0 Å². The third-order valence-electron chi connectivity index (χ3n) is 4.24. The highest BCUT2D eigenvalue weighted by Crippen LogP contribution is 2.29. The summed E-state index contributed by atoms with van der Waals surface area (Å²) in [4.78, 5) is 23.9. The van der Waals surface area contributed by atoms with E-state index in [1.807, 2.05) is 30.3 Å². The Balaban J connectivity index is 1.49. The lowest BCUT2D eigenvalue weighted by molar-refractivity contribution is -0.137. The Hall–Kier alpha value is -3.62. The minimum atomic E-state index is -4.43. The Bertz CT molecular complexity index is 1050. The minimum absolute atomic E-state index is 0.244. The fourth-order valence-corrected chi connectivity index (χ4v) is 2.72. The van der Waals surface area contributed by atoms with Gasteiger partial charge in [0.1, 0.15) is 0 Å². The van der Waals surface area contributed by atoms with Gasteiger partial charge in [0.25, 0.3) is 5.56 Å². The number of hydrogen-bond donors (Lipinski definition) is 2. The molecule has 0 atom stereocenters. The maximum atomic E-state index is 12.5. The molecule has 0 aliphatic rings. The average molecular weight is 416 g/mol. The molecule has 0 bridgehead atoms. The van der Waals surface area contributed by atoms with Crippen LogP contribution in [0, 0.1) is 0 Å². The van der Waals surface area contributed by atoms with Crippen molar-refractivity contribution in [1.29, 1.82) is 0 Å². The lowest BCUT2D eigenvalue weighted by Gasteiger charge is -2.10. The number of nitrogens with one attached hydrogen (secondary N) is 2. The third-order valence-corrected chi connectivity index (χ3v) is 4.24. The highest BCUT2D eigenvalue weighted by atomic mass is 19.4. The summed E-state index contributed by atoms with van der Waals surface area (Å²) in [6.07, 6.45) is -3.98. The van der Waals surface area contributed by atoms with Crippen LogP contribution in [0.3, 0.4) is 0 Å². The lowest BCUT2D eigenvalue weighted by Crippen LogP contribution is -2.31. The fourth-order valence-electron chi connectivity index (χ4n) is 2.72. The predicted octanol–water partition coefficient (Wildman–Crippen LogP) is 4.14. The molecule has 3 rings (SSSR count). The van der Waals surface area contributed by atoms with Gasteiger partial charge in [-0.05, 0) is 36.8 Å². The zero-order valence-electron chi connectivity index (χ0n) is 15.8. The van der Waals surface area contributed by atoms with Gasteiger partial charge in [-0.3, -0.25) is 4.79 Å². The number of benzene rings is 2. The Morgan fingerprint density at radius 3 is 2.33 bits per heavy atom.